The summed E-state index contributed by atoms with van der Waals surface area (Å²) in [6, 6.07) is 12.9. The third kappa shape index (κ3) is 5.57. The minimum absolute atomic E-state index is 0.226. The standard InChI is InChI=1S/C46H52N2O4/c1-5-47(6-2)33-13-15-35-31(23-41(51-43(35)25-33)37-19-27-9-11-29(37)17-27)21-39-45(49)40(46(39)50)22-32-24-42(38-20-28-10-12-30(38)18-28)52-44-26-34(14-16-36(32)44)48(7-3)8-4/h9-16,21-30,37-39,45,49-50H,5-8,17-20H2,1-4H3/b31-21+,32-22+. The number of hydrogen-bond donors (Lipinski definition) is 2. The van der Waals surface area contributed by atoms with E-state index in [2.05, 4.69) is 116 Å². The molecule has 6 heteroatoms. The van der Waals surface area contributed by atoms with E-state index < -0.39 is 12.0 Å². The molecule has 2 N–H and O–H groups in total. The number of ether oxygens (including phenoxy) is 2. The highest BCUT2D eigenvalue weighted by molar-refractivity contribution is 5.85. The van der Waals surface area contributed by atoms with Crippen LogP contribution in [0.15, 0.2) is 108 Å². The fourth-order valence-electron chi connectivity index (χ4n) is 10.1. The monoisotopic (exact) mass is 696 g/mol. The van der Waals surface area contributed by atoms with Gasteiger partial charge >= 0.3 is 0 Å². The molecule has 4 bridgehead atoms. The molecule has 8 unspecified atom stereocenters. The van der Waals surface area contributed by atoms with E-state index in [0.29, 0.717) is 41.1 Å². The van der Waals surface area contributed by atoms with Crippen LogP contribution in [-0.4, -0.2) is 42.5 Å². The first-order valence-corrected chi connectivity index (χ1v) is 19.8. The van der Waals surface area contributed by atoms with Crippen molar-refractivity contribution in [3.63, 3.8) is 0 Å². The molecule has 2 aliphatic heterocycles. The molecule has 2 aromatic rings. The zero-order chi connectivity index (χ0) is 35.7. The van der Waals surface area contributed by atoms with Gasteiger partial charge in [0.05, 0.1) is 12.0 Å². The maximum Gasteiger partial charge on any atom is 0.136 e. The van der Waals surface area contributed by atoms with Gasteiger partial charge < -0.3 is 29.5 Å². The molecular formula is C46H52N2O4. The number of fused-ring (bicyclic) bond motifs is 6. The first-order chi connectivity index (χ1) is 25.3. The molecule has 52 heavy (non-hydrogen) atoms. The maximum absolute atomic E-state index is 11.7. The summed E-state index contributed by atoms with van der Waals surface area (Å²) in [4.78, 5) is 4.67. The van der Waals surface area contributed by atoms with Crippen molar-refractivity contribution in [1.29, 1.82) is 0 Å². The molecule has 2 fully saturated rings. The van der Waals surface area contributed by atoms with Crippen molar-refractivity contribution in [3.8, 4) is 11.5 Å². The number of benzene rings is 2. The van der Waals surface area contributed by atoms with Gasteiger partial charge in [0.15, 0.2) is 0 Å². The lowest BCUT2D eigenvalue weighted by Gasteiger charge is -2.35. The zero-order valence-electron chi connectivity index (χ0n) is 31.0. The highest BCUT2D eigenvalue weighted by Gasteiger charge is 2.43. The molecule has 0 radical (unpaired) electrons. The van der Waals surface area contributed by atoms with Crippen molar-refractivity contribution < 1.29 is 19.7 Å². The Morgan fingerprint density at radius 3 is 1.62 bits per heavy atom. The van der Waals surface area contributed by atoms with Crippen molar-refractivity contribution in [3.05, 3.63) is 119 Å². The van der Waals surface area contributed by atoms with Crippen molar-refractivity contribution in [2.45, 2.75) is 59.5 Å². The van der Waals surface area contributed by atoms with Gasteiger partial charge in [-0.15, -0.1) is 0 Å². The summed E-state index contributed by atoms with van der Waals surface area (Å²) in [6.07, 6.45) is 21.6. The number of nitrogens with zero attached hydrogens (tertiary/aromatic N) is 2. The Morgan fingerprint density at radius 1 is 0.673 bits per heavy atom. The predicted molar refractivity (Wildman–Crippen MR) is 210 cm³/mol. The van der Waals surface area contributed by atoms with Crippen LogP contribution in [0.5, 0.6) is 11.5 Å². The maximum atomic E-state index is 11.7. The Labute approximate surface area is 308 Å². The number of aliphatic hydroxyl groups is 2. The smallest absolute Gasteiger partial charge is 0.136 e. The molecular weight excluding hydrogens is 645 g/mol. The molecule has 0 aromatic heterocycles. The van der Waals surface area contributed by atoms with E-state index in [9.17, 15) is 10.2 Å². The number of allylic oxidation sites excluding steroid dienone is 10. The summed E-state index contributed by atoms with van der Waals surface area (Å²) in [5.41, 5.74) is 6.84. The van der Waals surface area contributed by atoms with Gasteiger partial charge in [-0.25, -0.2) is 0 Å². The quantitative estimate of drug-likeness (QED) is 0.241. The first-order valence-electron chi connectivity index (χ1n) is 19.8. The van der Waals surface area contributed by atoms with Crippen LogP contribution in [-0.2, 0) is 0 Å². The van der Waals surface area contributed by atoms with Crippen molar-refractivity contribution in [2.24, 2.45) is 41.4 Å². The molecule has 2 saturated carbocycles. The van der Waals surface area contributed by atoms with Crippen LogP contribution in [0.3, 0.4) is 0 Å². The third-order valence-electron chi connectivity index (χ3n) is 13.1. The SMILES string of the molecule is CCN(CC)c1ccc2c(c1)OC(C1CC3C=CC1C3)=C/C2=C\C1=C(O)C(/C=C2\C=C(C3CC4C=CC3C4)Oc3cc(N(CC)CC)ccc32)C1O. The summed E-state index contributed by atoms with van der Waals surface area (Å²) in [5.74, 6) is 6.38. The molecule has 2 aromatic carbocycles. The van der Waals surface area contributed by atoms with Crippen molar-refractivity contribution in [2.75, 3.05) is 36.0 Å². The number of hydrogen-bond acceptors (Lipinski definition) is 6. The lowest BCUT2D eigenvalue weighted by atomic mass is 9.77. The molecule has 270 valence electrons. The lowest BCUT2D eigenvalue weighted by Crippen LogP contribution is -2.34. The molecule has 0 saturated heterocycles. The Morgan fingerprint density at radius 2 is 1.17 bits per heavy atom. The van der Waals surface area contributed by atoms with E-state index >= 15 is 0 Å². The molecule has 8 atom stereocenters. The average Bonchev–Trinajstić information content (AvgIpc) is 4.00. The van der Waals surface area contributed by atoms with Crippen molar-refractivity contribution in [1.82, 2.24) is 0 Å². The van der Waals surface area contributed by atoms with Gasteiger partial charge in [-0.3, -0.25) is 0 Å². The van der Waals surface area contributed by atoms with Crippen molar-refractivity contribution >= 4 is 22.5 Å². The second-order valence-corrected chi connectivity index (χ2v) is 15.8. The fourth-order valence-corrected chi connectivity index (χ4v) is 10.1. The number of anilines is 2. The second-order valence-electron chi connectivity index (χ2n) is 15.8. The normalized spacial score (nSPS) is 32.0. The van der Waals surface area contributed by atoms with Crippen LogP contribution in [0.2, 0.25) is 0 Å². The minimum Gasteiger partial charge on any atom is -0.511 e. The van der Waals surface area contributed by atoms with E-state index in [1.165, 1.54) is 12.8 Å². The molecule has 7 aliphatic rings. The zero-order valence-corrected chi connectivity index (χ0v) is 31.0. The van der Waals surface area contributed by atoms with Crippen LogP contribution in [0.1, 0.15) is 64.5 Å². The largest absolute Gasteiger partial charge is 0.511 e. The van der Waals surface area contributed by atoms with Crippen LogP contribution >= 0.6 is 0 Å². The molecule has 9 rings (SSSR count). The average molecular weight is 697 g/mol. The van der Waals surface area contributed by atoms with Crippen LogP contribution in [0.25, 0.3) is 11.1 Å². The minimum atomic E-state index is -0.827. The third-order valence-corrected chi connectivity index (χ3v) is 13.1. The van der Waals surface area contributed by atoms with Crippen LogP contribution in [0, 0.1) is 41.4 Å². The van der Waals surface area contributed by atoms with Gasteiger partial charge in [0.25, 0.3) is 0 Å². The topological polar surface area (TPSA) is 65.4 Å². The molecule has 0 spiro atoms. The molecule has 2 heterocycles. The molecule has 0 amide bonds. The summed E-state index contributed by atoms with van der Waals surface area (Å²) in [5, 5.41) is 23.4. The predicted octanol–water partition coefficient (Wildman–Crippen LogP) is 9.63. The Balaban J connectivity index is 1.08. The van der Waals surface area contributed by atoms with Gasteiger partial charge in [0, 0.05) is 78.2 Å². The molecule has 6 nitrogen and oxygen atoms in total. The van der Waals surface area contributed by atoms with Gasteiger partial charge in [0.1, 0.15) is 28.8 Å². The molecule has 5 aliphatic carbocycles. The second kappa shape index (κ2) is 13.2. The first kappa shape index (κ1) is 33.4. The van der Waals surface area contributed by atoms with Gasteiger partial charge in [-0.05, 0) is 131 Å². The van der Waals surface area contributed by atoms with Gasteiger partial charge in [-0.1, -0.05) is 30.4 Å². The summed E-state index contributed by atoms with van der Waals surface area (Å²) in [7, 11) is 0. The van der Waals surface area contributed by atoms with Gasteiger partial charge in [0.2, 0.25) is 0 Å². The van der Waals surface area contributed by atoms with Crippen LogP contribution in [0.4, 0.5) is 11.4 Å². The number of aliphatic hydroxyl groups excluding tert-OH is 2. The van der Waals surface area contributed by atoms with Crippen LogP contribution < -0.4 is 19.3 Å². The number of rotatable bonds is 10. The Bertz CT molecular complexity index is 1990. The van der Waals surface area contributed by atoms with E-state index in [1.54, 1.807) is 0 Å². The summed E-state index contributed by atoms with van der Waals surface area (Å²) < 4.78 is 13.4. The lowest BCUT2D eigenvalue weighted by molar-refractivity contribution is 0.113. The van der Waals surface area contributed by atoms with E-state index in [0.717, 1.165) is 95.7 Å². The van der Waals surface area contributed by atoms with E-state index in [-0.39, 0.29) is 5.76 Å². The summed E-state index contributed by atoms with van der Waals surface area (Å²) >= 11 is 0. The van der Waals surface area contributed by atoms with Gasteiger partial charge in [-0.2, -0.15) is 0 Å². The summed E-state index contributed by atoms with van der Waals surface area (Å²) in [6.45, 7) is 12.4. The van der Waals surface area contributed by atoms with E-state index in [4.69, 9.17) is 9.47 Å². The Kier molecular flexibility index (Phi) is 8.49. The van der Waals surface area contributed by atoms with E-state index in [1.807, 2.05) is 6.08 Å². The Hall–Kier alpha value is -4.42. The highest BCUT2D eigenvalue weighted by Crippen LogP contribution is 2.52. The fraction of sp³-hybridized carbons (Fsp3) is 0.435. The highest BCUT2D eigenvalue weighted by atomic mass is 16.5.